The van der Waals surface area contributed by atoms with Crippen molar-refractivity contribution in [1.82, 2.24) is 5.32 Å². The Labute approximate surface area is 121 Å². The summed E-state index contributed by atoms with van der Waals surface area (Å²) in [6, 6.07) is 0.787. The third-order valence-corrected chi connectivity index (χ3v) is 5.22. The van der Waals surface area contributed by atoms with E-state index < -0.39 is 0 Å². The molecule has 1 aliphatic rings. The molecule has 3 atom stereocenters. The molecule has 0 spiro atoms. The number of nitrogens with one attached hydrogen (secondary N) is 1. The van der Waals surface area contributed by atoms with Crippen LogP contribution in [0.2, 0.25) is 0 Å². The van der Waals surface area contributed by atoms with Crippen LogP contribution < -0.4 is 5.32 Å². The van der Waals surface area contributed by atoms with Crippen LogP contribution in [-0.2, 0) is 0 Å². The second kappa shape index (κ2) is 9.80. The zero-order valence-electron chi connectivity index (χ0n) is 13.9. The van der Waals surface area contributed by atoms with E-state index in [0.717, 1.165) is 30.3 Å². The average molecular weight is 268 g/mol. The highest BCUT2D eigenvalue weighted by Crippen LogP contribution is 2.38. The molecule has 0 aromatic heterocycles. The molecule has 1 aliphatic carbocycles. The Bertz CT molecular complexity index is 208. The molecule has 1 fully saturated rings. The Balaban J connectivity index is 2.76. The molecule has 1 saturated carbocycles. The van der Waals surface area contributed by atoms with E-state index in [9.17, 15) is 0 Å². The predicted molar refractivity (Wildman–Crippen MR) is 86.5 cm³/mol. The minimum Gasteiger partial charge on any atom is -0.314 e. The molecule has 0 aliphatic heterocycles. The van der Waals surface area contributed by atoms with Gasteiger partial charge in [-0.25, -0.2) is 0 Å². The minimum atomic E-state index is 0.787. The molecule has 1 nitrogen and oxygen atoms in total. The summed E-state index contributed by atoms with van der Waals surface area (Å²) < 4.78 is 0. The van der Waals surface area contributed by atoms with E-state index in [1.165, 1.54) is 57.8 Å². The largest absolute Gasteiger partial charge is 0.314 e. The van der Waals surface area contributed by atoms with E-state index in [4.69, 9.17) is 0 Å². The number of rotatable bonds is 9. The lowest BCUT2D eigenvalue weighted by atomic mass is 9.69. The summed E-state index contributed by atoms with van der Waals surface area (Å²) in [6.07, 6.45) is 12.8. The quantitative estimate of drug-likeness (QED) is 0.590. The molecule has 0 aromatic carbocycles. The van der Waals surface area contributed by atoms with Gasteiger partial charge >= 0.3 is 0 Å². The van der Waals surface area contributed by atoms with E-state index in [0.29, 0.717) is 0 Å². The van der Waals surface area contributed by atoms with E-state index in [-0.39, 0.29) is 0 Å². The van der Waals surface area contributed by atoms with Crippen LogP contribution >= 0.6 is 0 Å². The molecule has 0 saturated heterocycles. The van der Waals surface area contributed by atoms with Gasteiger partial charge in [0, 0.05) is 6.04 Å². The molecule has 19 heavy (non-hydrogen) atoms. The van der Waals surface area contributed by atoms with Gasteiger partial charge in [0.1, 0.15) is 0 Å². The van der Waals surface area contributed by atoms with Crippen molar-refractivity contribution < 1.29 is 0 Å². The van der Waals surface area contributed by atoms with Crippen LogP contribution in [0.1, 0.15) is 85.5 Å². The predicted octanol–water partition coefficient (Wildman–Crippen LogP) is 5.40. The molecule has 3 unspecified atom stereocenters. The van der Waals surface area contributed by atoms with Crippen molar-refractivity contribution in [2.75, 3.05) is 6.54 Å². The van der Waals surface area contributed by atoms with Gasteiger partial charge in [0.2, 0.25) is 0 Å². The first kappa shape index (κ1) is 17.0. The standard InChI is InChI=1S/C18H37N/c1-5-11-16(12-6-2)18(19-8-4)17-14-10-9-13-15(17)7-3/h15-19H,5-14H2,1-4H3. The zero-order chi connectivity index (χ0) is 14.1. The second-order valence-electron chi connectivity index (χ2n) is 6.54. The summed E-state index contributed by atoms with van der Waals surface area (Å²) in [6.45, 7) is 10.5. The monoisotopic (exact) mass is 267 g/mol. The summed E-state index contributed by atoms with van der Waals surface area (Å²) in [4.78, 5) is 0. The first-order valence-electron chi connectivity index (χ1n) is 9.01. The summed E-state index contributed by atoms with van der Waals surface area (Å²) in [5, 5.41) is 3.89. The lowest BCUT2D eigenvalue weighted by Crippen LogP contribution is -2.46. The highest BCUT2D eigenvalue weighted by atomic mass is 14.9. The molecule has 114 valence electrons. The van der Waals surface area contributed by atoms with Crippen molar-refractivity contribution >= 4 is 0 Å². The fraction of sp³-hybridized carbons (Fsp3) is 1.00. The maximum Gasteiger partial charge on any atom is 0.0126 e. The van der Waals surface area contributed by atoms with E-state index in [1.807, 2.05) is 0 Å². The third-order valence-electron chi connectivity index (χ3n) is 5.22. The summed E-state index contributed by atoms with van der Waals surface area (Å²) in [5.74, 6) is 2.84. The van der Waals surface area contributed by atoms with Gasteiger partial charge in [-0.3, -0.25) is 0 Å². The van der Waals surface area contributed by atoms with Crippen molar-refractivity contribution in [3.63, 3.8) is 0 Å². The van der Waals surface area contributed by atoms with Crippen LogP contribution in [0.25, 0.3) is 0 Å². The fourth-order valence-corrected chi connectivity index (χ4v) is 4.36. The average Bonchev–Trinajstić information content (AvgIpc) is 2.44. The lowest BCUT2D eigenvalue weighted by molar-refractivity contribution is 0.129. The van der Waals surface area contributed by atoms with Crippen molar-refractivity contribution in [2.24, 2.45) is 17.8 Å². The molecular formula is C18H37N. The molecular weight excluding hydrogens is 230 g/mol. The molecule has 0 amide bonds. The molecule has 1 heteroatoms. The molecule has 1 rings (SSSR count). The zero-order valence-corrected chi connectivity index (χ0v) is 13.9. The Morgan fingerprint density at radius 1 is 0.947 bits per heavy atom. The topological polar surface area (TPSA) is 12.0 Å². The van der Waals surface area contributed by atoms with Crippen LogP contribution in [0.5, 0.6) is 0 Å². The van der Waals surface area contributed by atoms with Gasteiger partial charge in [0.15, 0.2) is 0 Å². The van der Waals surface area contributed by atoms with Crippen molar-refractivity contribution in [1.29, 1.82) is 0 Å². The van der Waals surface area contributed by atoms with E-state index >= 15 is 0 Å². The van der Waals surface area contributed by atoms with Crippen LogP contribution in [-0.4, -0.2) is 12.6 Å². The second-order valence-corrected chi connectivity index (χ2v) is 6.54. The summed E-state index contributed by atoms with van der Waals surface area (Å²) >= 11 is 0. The lowest BCUT2D eigenvalue weighted by Gasteiger charge is -2.41. The van der Waals surface area contributed by atoms with Crippen LogP contribution in [0.15, 0.2) is 0 Å². The first-order chi connectivity index (χ1) is 9.28. The van der Waals surface area contributed by atoms with Crippen LogP contribution in [0.3, 0.4) is 0 Å². The highest BCUT2D eigenvalue weighted by molar-refractivity contribution is 4.88. The van der Waals surface area contributed by atoms with Gasteiger partial charge in [-0.15, -0.1) is 0 Å². The van der Waals surface area contributed by atoms with E-state index in [2.05, 4.69) is 33.0 Å². The van der Waals surface area contributed by atoms with Gasteiger partial charge in [0.05, 0.1) is 0 Å². The van der Waals surface area contributed by atoms with Gasteiger partial charge < -0.3 is 5.32 Å². The normalized spacial score (nSPS) is 25.7. The minimum absolute atomic E-state index is 0.787. The third kappa shape index (κ3) is 5.10. The van der Waals surface area contributed by atoms with Crippen molar-refractivity contribution in [3.8, 4) is 0 Å². The van der Waals surface area contributed by atoms with Crippen molar-refractivity contribution in [3.05, 3.63) is 0 Å². The summed E-state index contributed by atoms with van der Waals surface area (Å²) in [7, 11) is 0. The Morgan fingerprint density at radius 2 is 1.58 bits per heavy atom. The molecule has 0 aromatic rings. The molecule has 0 bridgehead atoms. The summed E-state index contributed by atoms with van der Waals surface area (Å²) in [5.41, 5.74) is 0. The first-order valence-corrected chi connectivity index (χ1v) is 9.01. The molecule has 0 radical (unpaired) electrons. The molecule has 0 heterocycles. The maximum atomic E-state index is 3.89. The van der Waals surface area contributed by atoms with Gasteiger partial charge in [-0.2, -0.15) is 0 Å². The Kier molecular flexibility index (Phi) is 8.77. The smallest absolute Gasteiger partial charge is 0.0126 e. The van der Waals surface area contributed by atoms with Crippen LogP contribution in [0.4, 0.5) is 0 Å². The van der Waals surface area contributed by atoms with Crippen LogP contribution in [0, 0.1) is 17.8 Å². The Morgan fingerprint density at radius 3 is 2.11 bits per heavy atom. The fourth-order valence-electron chi connectivity index (χ4n) is 4.36. The SMILES string of the molecule is CCCC(CCC)C(NCC)C1CCCCC1CC. The van der Waals surface area contributed by atoms with Crippen molar-refractivity contribution in [2.45, 2.75) is 91.5 Å². The van der Waals surface area contributed by atoms with Gasteiger partial charge in [-0.05, 0) is 43.6 Å². The van der Waals surface area contributed by atoms with Gasteiger partial charge in [-0.1, -0.05) is 66.2 Å². The van der Waals surface area contributed by atoms with E-state index in [1.54, 1.807) is 0 Å². The maximum absolute atomic E-state index is 3.89. The number of hydrogen-bond acceptors (Lipinski definition) is 1. The van der Waals surface area contributed by atoms with Gasteiger partial charge in [0.25, 0.3) is 0 Å². The molecule has 1 N–H and O–H groups in total. The highest BCUT2D eigenvalue weighted by Gasteiger charge is 2.34. The Hall–Kier alpha value is -0.0400. The number of hydrogen-bond donors (Lipinski definition) is 1.